The molecule has 7 nitrogen and oxygen atoms in total. The number of hydrogen-bond acceptors (Lipinski definition) is 7. The molecule has 118 valence electrons. The zero-order valence-electron chi connectivity index (χ0n) is 12.2. The summed E-state index contributed by atoms with van der Waals surface area (Å²) in [6.07, 6.45) is 1.30. The van der Waals surface area contributed by atoms with Crippen molar-refractivity contribution < 1.29 is 18.4 Å². The van der Waals surface area contributed by atoms with Gasteiger partial charge in [0.1, 0.15) is 23.3 Å². The number of rotatable bonds is 5. The Morgan fingerprint density at radius 2 is 2.09 bits per heavy atom. The highest BCUT2D eigenvalue weighted by Crippen LogP contribution is 2.24. The number of esters is 1. The van der Waals surface area contributed by atoms with E-state index in [-0.39, 0.29) is 23.8 Å². The summed E-state index contributed by atoms with van der Waals surface area (Å²) >= 11 is 0. The molecule has 8 heteroatoms. The standard InChI is InChI=1S/C15H13FN4O3/c1-2-22-15(21)12-11-13(18-8-19-14(11)23-20-12)17-7-9-3-5-10(16)6-4-9/h3-6,8H,2,7H2,1H3,(H,17,18,19). The molecule has 1 aromatic carbocycles. The number of aromatic nitrogens is 3. The molecule has 0 aliphatic rings. The van der Waals surface area contributed by atoms with Crippen molar-refractivity contribution in [3.8, 4) is 0 Å². The monoisotopic (exact) mass is 316 g/mol. The minimum absolute atomic E-state index is 0.0176. The average Bonchev–Trinajstić information content (AvgIpc) is 2.99. The van der Waals surface area contributed by atoms with Crippen LogP contribution in [0, 0.1) is 5.82 Å². The Hall–Kier alpha value is -3.03. The van der Waals surface area contributed by atoms with Crippen LogP contribution >= 0.6 is 0 Å². The van der Waals surface area contributed by atoms with E-state index >= 15 is 0 Å². The molecule has 23 heavy (non-hydrogen) atoms. The van der Waals surface area contributed by atoms with Gasteiger partial charge in [-0.3, -0.25) is 0 Å². The van der Waals surface area contributed by atoms with E-state index in [0.717, 1.165) is 5.56 Å². The van der Waals surface area contributed by atoms with E-state index in [1.807, 2.05) is 0 Å². The molecule has 0 atom stereocenters. The number of carbonyl (C=O) groups excluding carboxylic acids is 1. The number of carbonyl (C=O) groups is 1. The fourth-order valence-corrected chi connectivity index (χ4v) is 2.05. The Morgan fingerprint density at radius 3 is 2.83 bits per heavy atom. The summed E-state index contributed by atoms with van der Waals surface area (Å²) in [7, 11) is 0. The first-order chi connectivity index (χ1) is 11.2. The second kappa shape index (κ2) is 6.39. The highest BCUT2D eigenvalue weighted by atomic mass is 19.1. The summed E-state index contributed by atoms with van der Waals surface area (Å²) in [6, 6.07) is 6.05. The van der Waals surface area contributed by atoms with Gasteiger partial charge in [-0.1, -0.05) is 17.3 Å². The molecular formula is C15H13FN4O3. The summed E-state index contributed by atoms with van der Waals surface area (Å²) in [5.41, 5.74) is 1.06. The van der Waals surface area contributed by atoms with Crippen molar-refractivity contribution in [2.24, 2.45) is 0 Å². The van der Waals surface area contributed by atoms with Crippen LogP contribution in [0.3, 0.4) is 0 Å². The van der Waals surface area contributed by atoms with Crippen LogP contribution in [0.25, 0.3) is 11.1 Å². The Morgan fingerprint density at radius 1 is 1.30 bits per heavy atom. The van der Waals surface area contributed by atoms with Gasteiger partial charge in [0.15, 0.2) is 0 Å². The minimum atomic E-state index is -0.606. The molecule has 1 N–H and O–H groups in total. The maximum Gasteiger partial charge on any atom is 0.361 e. The van der Waals surface area contributed by atoms with Crippen LogP contribution in [-0.2, 0) is 11.3 Å². The van der Waals surface area contributed by atoms with Gasteiger partial charge in [-0.2, -0.15) is 4.98 Å². The summed E-state index contributed by atoms with van der Waals surface area (Å²) < 4.78 is 22.9. The van der Waals surface area contributed by atoms with Crippen LogP contribution in [0.5, 0.6) is 0 Å². The molecule has 0 unspecified atom stereocenters. The molecule has 0 saturated heterocycles. The molecular weight excluding hydrogens is 303 g/mol. The first-order valence-electron chi connectivity index (χ1n) is 6.95. The van der Waals surface area contributed by atoms with E-state index in [9.17, 15) is 9.18 Å². The van der Waals surface area contributed by atoms with Crippen LogP contribution in [0.1, 0.15) is 23.0 Å². The van der Waals surface area contributed by atoms with Gasteiger partial charge in [0.05, 0.1) is 6.61 Å². The van der Waals surface area contributed by atoms with Crippen LogP contribution < -0.4 is 5.32 Å². The van der Waals surface area contributed by atoms with Crippen LogP contribution in [0.15, 0.2) is 35.1 Å². The third-order valence-corrected chi connectivity index (χ3v) is 3.11. The Kier molecular flexibility index (Phi) is 4.13. The highest BCUT2D eigenvalue weighted by molar-refractivity contribution is 6.04. The van der Waals surface area contributed by atoms with Crippen molar-refractivity contribution in [3.63, 3.8) is 0 Å². The first-order valence-corrected chi connectivity index (χ1v) is 6.95. The summed E-state index contributed by atoms with van der Waals surface area (Å²) in [6.45, 7) is 2.31. The fourth-order valence-electron chi connectivity index (χ4n) is 2.05. The molecule has 0 saturated carbocycles. The lowest BCUT2D eigenvalue weighted by Crippen LogP contribution is -2.08. The number of hydrogen-bond donors (Lipinski definition) is 1. The third-order valence-electron chi connectivity index (χ3n) is 3.11. The number of ether oxygens (including phenoxy) is 1. The summed E-state index contributed by atoms with van der Waals surface area (Å²) in [5.74, 6) is -0.517. The van der Waals surface area contributed by atoms with E-state index in [4.69, 9.17) is 9.26 Å². The number of nitrogens with zero attached hydrogens (tertiary/aromatic N) is 3. The Balaban J connectivity index is 1.89. The van der Waals surface area contributed by atoms with Crippen molar-refractivity contribution in [3.05, 3.63) is 47.7 Å². The normalized spacial score (nSPS) is 10.7. The number of benzene rings is 1. The van der Waals surface area contributed by atoms with Crippen LogP contribution in [0.2, 0.25) is 0 Å². The lowest BCUT2D eigenvalue weighted by atomic mass is 10.2. The van der Waals surface area contributed by atoms with E-state index < -0.39 is 5.97 Å². The van der Waals surface area contributed by atoms with Gasteiger partial charge in [-0.05, 0) is 24.6 Å². The molecule has 0 fully saturated rings. The van der Waals surface area contributed by atoms with Crippen LogP contribution in [0.4, 0.5) is 10.2 Å². The molecule has 0 spiro atoms. The Labute approximate surface area is 130 Å². The van der Waals surface area contributed by atoms with E-state index in [0.29, 0.717) is 17.7 Å². The summed E-state index contributed by atoms with van der Waals surface area (Å²) in [4.78, 5) is 20.0. The zero-order valence-corrected chi connectivity index (χ0v) is 12.2. The number of fused-ring (bicyclic) bond motifs is 1. The molecule has 2 aromatic heterocycles. The molecule has 0 aliphatic carbocycles. The van der Waals surface area contributed by atoms with Gasteiger partial charge in [0.2, 0.25) is 5.69 Å². The van der Waals surface area contributed by atoms with Crippen molar-refractivity contribution in [1.29, 1.82) is 0 Å². The van der Waals surface area contributed by atoms with Gasteiger partial charge in [-0.25, -0.2) is 14.2 Å². The fraction of sp³-hybridized carbons (Fsp3) is 0.200. The van der Waals surface area contributed by atoms with E-state index in [1.165, 1.54) is 18.5 Å². The number of anilines is 1. The number of halogens is 1. The molecule has 2 heterocycles. The molecule has 0 amide bonds. The molecule has 0 bridgehead atoms. The maximum atomic E-state index is 12.9. The molecule has 3 rings (SSSR count). The van der Waals surface area contributed by atoms with Gasteiger partial charge in [0, 0.05) is 6.54 Å². The lowest BCUT2D eigenvalue weighted by molar-refractivity contribution is 0.0517. The van der Waals surface area contributed by atoms with Crippen LogP contribution in [-0.4, -0.2) is 27.7 Å². The zero-order chi connectivity index (χ0) is 16.2. The minimum Gasteiger partial charge on any atom is -0.461 e. The van der Waals surface area contributed by atoms with Gasteiger partial charge >= 0.3 is 5.97 Å². The van der Waals surface area contributed by atoms with Crippen molar-refractivity contribution in [2.75, 3.05) is 11.9 Å². The number of nitrogens with one attached hydrogen (secondary N) is 1. The average molecular weight is 316 g/mol. The maximum absolute atomic E-state index is 12.9. The predicted octanol–water partition coefficient (Wildman–Crippen LogP) is 2.55. The lowest BCUT2D eigenvalue weighted by Gasteiger charge is -2.06. The van der Waals surface area contributed by atoms with Crippen molar-refractivity contribution in [2.45, 2.75) is 13.5 Å². The van der Waals surface area contributed by atoms with Gasteiger partial charge < -0.3 is 14.6 Å². The van der Waals surface area contributed by atoms with Gasteiger partial charge in [-0.15, -0.1) is 0 Å². The highest BCUT2D eigenvalue weighted by Gasteiger charge is 2.21. The Bertz CT molecular complexity index is 832. The summed E-state index contributed by atoms with van der Waals surface area (Å²) in [5, 5.41) is 7.12. The quantitative estimate of drug-likeness (QED) is 0.723. The molecule has 0 radical (unpaired) electrons. The first kappa shape index (κ1) is 14.9. The predicted molar refractivity (Wildman–Crippen MR) is 79.3 cm³/mol. The van der Waals surface area contributed by atoms with Gasteiger partial charge in [0.25, 0.3) is 5.71 Å². The van der Waals surface area contributed by atoms with E-state index in [1.54, 1.807) is 19.1 Å². The van der Waals surface area contributed by atoms with Crippen molar-refractivity contribution in [1.82, 2.24) is 15.1 Å². The molecule has 3 aromatic rings. The van der Waals surface area contributed by atoms with E-state index in [2.05, 4.69) is 20.4 Å². The molecule has 0 aliphatic heterocycles. The van der Waals surface area contributed by atoms with Crippen molar-refractivity contribution >= 4 is 22.9 Å². The SMILES string of the molecule is CCOC(=O)c1noc2ncnc(NCc3ccc(F)cc3)c12. The topological polar surface area (TPSA) is 90.1 Å². The smallest absolute Gasteiger partial charge is 0.361 e. The largest absolute Gasteiger partial charge is 0.461 e. The second-order valence-corrected chi connectivity index (χ2v) is 4.63. The second-order valence-electron chi connectivity index (χ2n) is 4.63. The third kappa shape index (κ3) is 3.10.